The van der Waals surface area contributed by atoms with Gasteiger partial charge in [0.1, 0.15) is 0 Å². The van der Waals surface area contributed by atoms with Crippen molar-refractivity contribution in [3.63, 3.8) is 0 Å². The van der Waals surface area contributed by atoms with Gasteiger partial charge < -0.3 is 9.84 Å². The van der Waals surface area contributed by atoms with Gasteiger partial charge in [0.25, 0.3) is 0 Å². The maximum absolute atomic E-state index is 5.40. The predicted octanol–water partition coefficient (Wildman–Crippen LogP) is 2.44. The van der Waals surface area contributed by atoms with Crippen molar-refractivity contribution >= 4 is 0 Å². The zero-order valence-corrected chi connectivity index (χ0v) is 11.2. The van der Waals surface area contributed by atoms with Crippen LogP contribution < -0.4 is 5.32 Å². The Bertz CT molecular complexity index is 544. The first-order chi connectivity index (χ1) is 9.33. The Kier molecular flexibility index (Phi) is 3.60. The summed E-state index contributed by atoms with van der Waals surface area (Å²) in [6.45, 7) is 4.21. The third kappa shape index (κ3) is 2.84. The third-order valence-corrected chi connectivity index (χ3v) is 3.79. The summed E-state index contributed by atoms with van der Waals surface area (Å²) in [6.07, 6.45) is 2.93. The molecule has 4 heteroatoms. The van der Waals surface area contributed by atoms with E-state index >= 15 is 0 Å². The number of aryl methyl sites for hydroxylation is 1. The van der Waals surface area contributed by atoms with Gasteiger partial charge >= 0.3 is 0 Å². The lowest BCUT2D eigenvalue weighted by Gasteiger charge is -2.18. The van der Waals surface area contributed by atoms with E-state index in [1.54, 1.807) is 0 Å². The largest absolute Gasteiger partial charge is 0.339 e. The van der Waals surface area contributed by atoms with E-state index in [-0.39, 0.29) is 0 Å². The Balaban J connectivity index is 1.73. The summed E-state index contributed by atoms with van der Waals surface area (Å²) in [6, 6.07) is 8.32. The zero-order valence-electron chi connectivity index (χ0n) is 11.2. The number of rotatable bonds is 3. The van der Waals surface area contributed by atoms with Crippen LogP contribution in [0.1, 0.15) is 41.6 Å². The minimum absolute atomic E-state index is 0.454. The van der Waals surface area contributed by atoms with Crippen molar-refractivity contribution < 1.29 is 4.52 Å². The molecule has 0 spiro atoms. The van der Waals surface area contributed by atoms with Gasteiger partial charge in [-0.1, -0.05) is 29.4 Å². The second kappa shape index (κ2) is 5.53. The zero-order chi connectivity index (χ0) is 13.1. The van der Waals surface area contributed by atoms with E-state index < -0.39 is 0 Å². The van der Waals surface area contributed by atoms with Crippen LogP contribution in [0.25, 0.3) is 0 Å². The quantitative estimate of drug-likeness (QED) is 0.917. The third-order valence-electron chi connectivity index (χ3n) is 3.79. The molecule has 0 amide bonds. The summed E-state index contributed by atoms with van der Waals surface area (Å²) in [5, 5.41) is 7.50. The highest BCUT2D eigenvalue weighted by Gasteiger charge is 2.20. The summed E-state index contributed by atoms with van der Waals surface area (Å²) in [7, 11) is 0. The van der Waals surface area contributed by atoms with E-state index in [1.807, 2.05) is 12.1 Å². The second-order valence-electron chi connectivity index (χ2n) is 5.17. The molecule has 1 aliphatic rings. The van der Waals surface area contributed by atoms with E-state index in [2.05, 4.69) is 34.5 Å². The minimum atomic E-state index is 0.454. The molecule has 100 valence electrons. The van der Waals surface area contributed by atoms with Gasteiger partial charge in [0, 0.05) is 5.92 Å². The number of piperidine rings is 1. The van der Waals surface area contributed by atoms with Gasteiger partial charge in [0.15, 0.2) is 5.82 Å². The molecule has 1 fully saturated rings. The summed E-state index contributed by atoms with van der Waals surface area (Å²) in [5.74, 6) is 2.06. The minimum Gasteiger partial charge on any atom is -0.339 e. The number of aromatic nitrogens is 2. The molecule has 1 N–H and O–H groups in total. The van der Waals surface area contributed by atoms with Crippen molar-refractivity contribution in [1.29, 1.82) is 0 Å². The molecular formula is C15H19N3O. The van der Waals surface area contributed by atoms with Gasteiger partial charge in [-0.3, -0.25) is 0 Å². The standard InChI is InChI=1S/C15H19N3O/c1-11-4-2-3-5-13(11)10-14-17-15(18-19-14)12-6-8-16-9-7-12/h2-5,12,16H,6-10H2,1H3. The topological polar surface area (TPSA) is 51.0 Å². The van der Waals surface area contributed by atoms with Crippen LogP contribution in [0.5, 0.6) is 0 Å². The second-order valence-corrected chi connectivity index (χ2v) is 5.17. The highest BCUT2D eigenvalue weighted by molar-refractivity contribution is 5.27. The molecule has 1 aromatic carbocycles. The van der Waals surface area contributed by atoms with Crippen molar-refractivity contribution in [2.24, 2.45) is 0 Å². The number of benzene rings is 1. The van der Waals surface area contributed by atoms with Crippen molar-refractivity contribution in [2.75, 3.05) is 13.1 Å². The van der Waals surface area contributed by atoms with Gasteiger partial charge in [-0.05, 0) is 44.0 Å². The fourth-order valence-electron chi connectivity index (χ4n) is 2.56. The first-order valence-corrected chi connectivity index (χ1v) is 6.90. The Labute approximate surface area is 113 Å². The number of nitrogens with zero attached hydrogens (tertiary/aromatic N) is 2. The molecule has 1 aliphatic heterocycles. The van der Waals surface area contributed by atoms with E-state index in [0.717, 1.165) is 44.1 Å². The van der Waals surface area contributed by atoms with Crippen molar-refractivity contribution in [2.45, 2.75) is 32.1 Å². The molecule has 0 saturated carbocycles. The van der Waals surface area contributed by atoms with E-state index in [0.29, 0.717) is 5.92 Å². The lowest BCUT2D eigenvalue weighted by Crippen LogP contribution is -2.27. The first-order valence-electron chi connectivity index (χ1n) is 6.90. The Hall–Kier alpha value is -1.68. The van der Waals surface area contributed by atoms with Gasteiger partial charge in [-0.2, -0.15) is 4.98 Å². The van der Waals surface area contributed by atoms with E-state index in [9.17, 15) is 0 Å². The Morgan fingerprint density at radius 1 is 1.26 bits per heavy atom. The Morgan fingerprint density at radius 2 is 2.05 bits per heavy atom. The molecule has 4 nitrogen and oxygen atoms in total. The summed E-state index contributed by atoms with van der Waals surface area (Å²) in [5.41, 5.74) is 2.52. The van der Waals surface area contributed by atoms with Gasteiger partial charge in [0.2, 0.25) is 5.89 Å². The van der Waals surface area contributed by atoms with Crippen LogP contribution in [0.15, 0.2) is 28.8 Å². The SMILES string of the molecule is Cc1ccccc1Cc1nc(C2CCNCC2)no1. The number of nitrogens with one attached hydrogen (secondary N) is 1. The van der Waals surface area contributed by atoms with Crippen LogP contribution in [-0.2, 0) is 6.42 Å². The fraction of sp³-hybridized carbons (Fsp3) is 0.467. The molecule has 19 heavy (non-hydrogen) atoms. The summed E-state index contributed by atoms with van der Waals surface area (Å²) >= 11 is 0. The molecule has 2 aromatic rings. The first kappa shape index (κ1) is 12.4. The maximum Gasteiger partial charge on any atom is 0.231 e. The van der Waals surface area contributed by atoms with Crippen LogP contribution >= 0.6 is 0 Å². The van der Waals surface area contributed by atoms with E-state index in [1.165, 1.54) is 11.1 Å². The Morgan fingerprint density at radius 3 is 2.84 bits per heavy atom. The molecule has 3 rings (SSSR count). The van der Waals surface area contributed by atoms with Gasteiger partial charge in [-0.25, -0.2) is 0 Å². The van der Waals surface area contributed by atoms with Gasteiger partial charge in [0.05, 0.1) is 6.42 Å². The van der Waals surface area contributed by atoms with Crippen LogP contribution in [0, 0.1) is 6.92 Å². The maximum atomic E-state index is 5.40. The van der Waals surface area contributed by atoms with Crippen LogP contribution in [-0.4, -0.2) is 23.2 Å². The van der Waals surface area contributed by atoms with Crippen LogP contribution in [0.3, 0.4) is 0 Å². The normalized spacial score (nSPS) is 16.7. The highest BCUT2D eigenvalue weighted by atomic mass is 16.5. The van der Waals surface area contributed by atoms with Crippen molar-refractivity contribution in [3.8, 4) is 0 Å². The van der Waals surface area contributed by atoms with Crippen LogP contribution in [0.4, 0.5) is 0 Å². The van der Waals surface area contributed by atoms with Gasteiger partial charge in [-0.15, -0.1) is 0 Å². The molecule has 0 bridgehead atoms. The van der Waals surface area contributed by atoms with E-state index in [4.69, 9.17) is 4.52 Å². The van der Waals surface area contributed by atoms with Crippen LogP contribution in [0.2, 0.25) is 0 Å². The molecule has 1 aromatic heterocycles. The molecule has 2 heterocycles. The average molecular weight is 257 g/mol. The lowest BCUT2D eigenvalue weighted by molar-refractivity contribution is 0.365. The number of hydrogen-bond acceptors (Lipinski definition) is 4. The molecule has 0 aliphatic carbocycles. The van der Waals surface area contributed by atoms with Crippen molar-refractivity contribution in [1.82, 2.24) is 15.5 Å². The summed E-state index contributed by atoms with van der Waals surface area (Å²) < 4.78 is 5.40. The highest BCUT2D eigenvalue weighted by Crippen LogP contribution is 2.23. The summed E-state index contributed by atoms with van der Waals surface area (Å²) in [4.78, 5) is 4.56. The molecule has 0 radical (unpaired) electrons. The lowest BCUT2D eigenvalue weighted by atomic mass is 9.97. The van der Waals surface area contributed by atoms with Crippen molar-refractivity contribution in [3.05, 3.63) is 47.1 Å². The molecule has 1 saturated heterocycles. The average Bonchev–Trinajstić information content (AvgIpc) is 2.91. The smallest absolute Gasteiger partial charge is 0.231 e. The predicted molar refractivity (Wildman–Crippen MR) is 73.1 cm³/mol. The monoisotopic (exact) mass is 257 g/mol. The number of hydrogen-bond donors (Lipinski definition) is 1. The molecule has 0 unspecified atom stereocenters. The fourth-order valence-corrected chi connectivity index (χ4v) is 2.56. The molecular weight excluding hydrogens is 238 g/mol. The molecule has 0 atom stereocenters.